The molecule has 0 aliphatic carbocycles. The third-order valence-corrected chi connectivity index (χ3v) is 14.2. The van der Waals surface area contributed by atoms with Crippen LogP contribution in [0.15, 0.2) is 36.4 Å². The van der Waals surface area contributed by atoms with Gasteiger partial charge >= 0.3 is 69.5 Å². The number of rotatable bonds is 24. The first-order valence-corrected chi connectivity index (χ1v) is 24.4. The van der Waals surface area contributed by atoms with Crippen LogP contribution in [0.25, 0.3) is 0 Å². The molecular formula is C40H60O8Sn. The van der Waals surface area contributed by atoms with Gasteiger partial charge in [0.1, 0.15) is 0 Å². The standard InChI is InChI=1S/2C16H22O4.2C4H9.Sn.2H/c2*1-2-3-4-5-6-7-9-12-10-8-11-13(15(17)18)14(12)16(19)20;2*1-3-4-2;;;/h2*8,10-11H,2-7,9H2,1H3,(H,17,18)(H,19,20);2*1,3-4H2,2H3;;;/q;;;;+4;;/p-4. The molecule has 0 atom stereocenters. The molecule has 0 aliphatic heterocycles. The van der Waals surface area contributed by atoms with E-state index in [0.717, 1.165) is 38.5 Å². The van der Waals surface area contributed by atoms with Crippen LogP contribution in [0, 0.1) is 0 Å². The Balaban J connectivity index is 0.000000758. The summed E-state index contributed by atoms with van der Waals surface area (Å²) in [7, 11) is 0. The molecule has 0 bridgehead atoms. The summed E-state index contributed by atoms with van der Waals surface area (Å²) in [6.07, 6.45) is 20.1. The number of carbonyl (C=O) groups is 4. The summed E-state index contributed by atoms with van der Waals surface area (Å²) in [5.74, 6) is -5.86. The van der Waals surface area contributed by atoms with Crippen LogP contribution in [0.1, 0.15) is 183 Å². The average Bonchev–Trinajstić information content (AvgIpc) is 3.07. The quantitative estimate of drug-likeness (QED) is 0.103. The van der Waals surface area contributed by atoms with E-state index in [4.69, 9.17) is 0 Å². The maximum absolute atomic E-state index is 11.1. The molecule has 0 fully saturated rings. The second-order valence-corrected chi connectivity index (χ2v) is 18.7. The zero-order valence-corrected chi connectivity index (χ0v) is 34.6. The summed E-state index contributed by atoms with van der Waals surface area (Å²) in [6.45, 7) is 8.90. The molecule has 2 aromatic rings. The van der Waals surface area contributed by atoms with Crippen molar-refractivity contribution in [2.75, 3.05) is 0 Å². The van der Waals surface area contributed by atoms with Gasteiger partial charge in [0, 0.05) is 22.3 Å². The summed E-state index contributed by atoms with van der Waals surface area (Å²) in [5, 5.41) is 44.1. The fraction of sp³-hybridized carbons (Fsp3) is 0.600. The third-order valence-electron chi connectivity index (χ3n) is 8.46. The molecule has 0 aliphatic rings. The molecule has 0 unspecified atom stereocenters. The van der Waals surface area contributed by atoms with E-state index in [-0.39, 0.29) is 43.4 Å². The molecule has 0 saturated heterocycles. The molecule has 272 valence electrons. The molecule has 9 heteroatoms. The van der Waals surface area contributed by atoms with Crippen molar-refractivity contribution < 1.29 is 39.6 Å². The molecule has 2 aromatic carbocycles. The first kappa shape index (κ1) is 46.1. The zero-order chi connectivity index (χ0) is 36.9. The summed E-state index contributed by atoms with van der Waals surface area (Å²) in [4.78, 5) is 44.1. The van der Waals surface area contributed by atoms with Crippen molar-refractivity contribution in [3.05, 3.63) is 69.8 Å². The van der Waals surface area contributed by atoms with E-state index in [0.29, 0.717) is 24.0 Å². The molecule has 49 heavy (non-hydrogen) atoms. The molecule has 0 saturated carbocycles. The van der Waals surface area contributed by atoms with Gasteiger partial charge in [0.05, 0.1) is 23.9 Å². The molecule has 4 radical (unpaired) electrons. The second kappa shape index (κ2) is 30.0. The van der Waals surface area contributed by atoms with Crippen LogP contribution >= 0.6 is 0 Å². The fourth-order valence-electron chi connectivity index (χ4n) is 5.66. The van der Waals surface area contributed by atoms with Gasteiger partial charge in [-0.3, -0.25) is 0 Å². The van der Waals surface area contributed by atoms with Crippen LogP contribution < -0.4 is 20.4 Å². The van der Waals surface area contributed by atoms with Gasteiger partial charge in [-0.05, 0) is 36.8 Å². The number of benzene rings is 2. The molecule has 0 spiro atoms. The Morgan fingerprint density at radius 2 is 0.776 bits per heavy atom. The number of carbonyl (C=O) groups excluding carboxylic acids is 4. The number of carboxylic acid groups (broad SMARTS) is 4. The Hall–Kier alpha value is -2.88. The number of unbranched alkanes of at least 4 members (excludes halogenated alkanes) is 12. The molecule has 0 amide bonds. The number of carboxylic acids is 4. The summed E-state index contributed by atoms with van der Waals surface area (Å²) in [5.41, 5.74) is -0.0338. The van der Waals surface area contributed by atoms with Crippen molar-refractivity contribution in [3.8, 4) is 0 Å². The van der Waals surface area contributed by atoms with E-state index in [1.54, 1.807) is 33.1 Å². The Kier molecular flexibility index (Phi) is 28.2. The topological polar surface area (TPSA) is 161 Å². The normalized spacial score (nSPS) is 10.4. The molecule has 2 rings (SSSR count). The molecule has 0 heterocycles. The maximum atomic E-state index is 11.1. The predicted molar refractivity (Wildman–Crippen MR) is 192 cm³/mol. The molecular weight excluding hydrogens is 727 g/mol. The predicted octanol–water partition coefficient (Wildman–Crippen LogP) is 5.23. The van der Waals surface area contributed by atoms with E-state index >= 15 is 0 Å². The van der Waals surface area contributed by atoms with Crippen LogP contribution in [0.5, 0.6) is 0 Å². The molecule has 8 nitrogen and oxygen atoms in total. The van der Waals surface area contributed by atoms with Crippen molar-refractivity contribution in [2.45, 2.75) is 152 Å². The number of hydrogen-bond acceptors (Lipinski definition) is 8. The van der Waals surface area contributed by atoms with E-state index in [1.165, 1.54) is 76.3 Å². The Labute approximate surface area is 305 Å². The Morgan fingerprint density at radius 3 is 1.08 bits per heavy atom. The van der Waals surface area contributed by atoms with Gasteiger partial charge in [-0.2, -0.15) is 0 Å². The Bertz CT molecular complexity index is 1130. The van der Waals surface area contributed by atoms with Crippen LogP contribution in [0.3, 0.4) is 0 Å². The summed E-state index contributed by atoms with van der Waals surface area (Å²) in [6, 6.07) is 8.86. The van der Waals surface area contributed by atoms with Crippen LogP contribution in [0.4, 0.5) is 0 Å². The summed E-state index contributed by atoms with van der Waals surface area (Å²) < 4.78 is 3.33. The van der Waals surface area contributed by atoms with Crippen LogP contribution in [-0.2, 0) is 12.8 Å². The zero-order valence-electron chi connectivity index (χ0n) is 30.6. The van der Waals surface area contributed by atoms with Crippen molar-refractivity contribution in [1.29, 1.82) is 0 Å². The minimum absolute atomic E-state index is 0.159. The van der Waals surface area contributed by atoms with Crippen LogP contribution in [0.2, 0.25) is 8.87 Å². The number of hydrogen-bond donors (Lipinski definition) is 0. The van der Waals surface area contributed by atoms with E-state index in [1.807, 2.05) is 0 Å². The summed E-state index contributed by atoms with van der Waals surface area (Å²) >= 11 is -0.159. The number of aryl methyl sites for hydroxylation is 2. The minimum atomic E-state index is -1.48. The van der Waals surface area contributed by atoms with Gasteiger partial charge in [-0.1, -0.05) is 114 Å². The third kappa shape index (κ3) is 21.1. The SMILES string of the molecule is CCCCCCCCc1cccc(C(=O)[O-])c1C(=O)[O-].CCCCCCCCc1cccc(C(=O)[O-])c1C(=O)[O-].CCC[CH2][SnH2+4][CH2]CCC. The van der Waals surface area contributed by atoms with Gasteiger partial charge in [0.25, 0.3) is 0 Å². The van der Waals surface area contributed by atoms with Crippen molar-refractivity contribution in [2.24, 2.45) is 0 Å². The number of aromatic carboxylic acids is 4. The van der Waals surface area contributed by atoms with Crippen molar-refractivity contribution in [1.82, 2.24) is 0 Å². The van der Waals surface area contributed by atoms with Crippen molar-refractivity contribution >= 4 is 45.0 Å². The van der Waals surface area contributed by atoms with E-state index in [2.05, 4.69) is 27.7 Å². The van der Waals surface area contributed by atoms with Gasteiger partial charge in [0.2, 0.25) is 0 Å². The van der Waals surface area contributed by atoms with Gasteiger partial charge in [-0.25, -0.2) is 0 Å². The van der Waals surface area contributed by atoms with Crippen LogP contribution in [-0.4, -0.2) is 45.0 Å². The van der Waals surface area contributed by atoms with E-state index < -0.39 is 23.9 Å². The first-order chi connectivity index (χ1) is 23.6. The van der Waals surface area contributed by atoms with Gasteiger partial charge in [0.15, 0.2) is 0 Å². The second-order valence-electron chi connectivity index (χ2n) is 12.6. The van der Waals surface area contributed by atoms with Gasteiger partial charge < -0.3 is 39.6 Å². The van der Waals surface area contributed by atoms with Crippen molar-refractivity contribution in [3.63, 3.8) is 0 Å². The Morgan fingerprint density at radius 1 is 0.449 bits per heavy atom. The molecule has 0 aromatic heterocycles. The first-order valence-electron chi connectivity index (χ1n) is 18.7. The van der Waals surface area contributed by atoms with E-state index in [9.17, 15) is 39.6 Å². The average molecular weight is 788 g/mol. The monoisotopic (exact) mass is 788 g/mol. The fourth-order valence-corrected chi connectivity index (χ4v) is 11.5. The van der Waals surface area contributed by atoms with Gasteiger partial charge in [-0.15, -0.1) is 0 Å². The molecule has 0 N–H and O–H groups in total.